The number of ether oxygens (including phenoxy) is 2. The molecular formula is C13H19NO4S. The van der Waals surface area contributed by atoms with Gasteiger partial charge in [-0.25, -0.2) is 0 Å². The van der Waals surface area contributed by atoms with Crippen molar-refractivity contribution in [2.75, 3.05) is 30.5 Å². The van der Waals surface area contributed by atoms with Crippen LogP contribution in [-0.4, -0.2) is 41.9 Å². The summed E-state index contributed by atoms with van der Waals surface area (Å²) in [6.45, 7) is 2.30. The molecular weight excluding hydrogens is 266 g/mol. The van der Waals surface area contributed by atoms with Crippen LogP contribution >= 0.6 is 11.8 Å². The van der Waals surface area contributed by atoms with Crippen molar-refractivity contribution in [3.05, 3.63) is 24.3 Å². The lowest BCUT2D eigenvalue weighted by Crippen LogP contribution is -2.21. The third-order valence-corrected chi connectivity index (χ3v) is 3.20. The van der Waals surface area contributed by atoms with E-state index in [9.17, 15) is 9.90 Å². The number of anilines is 1. The standard InChI is InChI=1S/C13H19NO4S/c1-2-17-13(16)9-19-8-11(15)7-18-12-5-3-4-10(14)6-12/h3-6,11,15H,2,7-9,14H2,1H3. The zero-order valence-corrected chi connectivity index (χ0v) is 11.7. The van der Waals surface area contributed by atoms with Crippen LogP contribution in [0.1, 0.15) is 6.92 Å². The zero-order chi connectivity index (χ0) is 14.1. The number of thioether (sulfide) groups is 1. The van der Waals surface area contributed by atoms with Crippen molar-refractivity contribution in [3.8, 4) is 5.75 Å². The molecule has 0 aromatic heterocycles. The largest absolute Gasteiger partial charge is 0.491 e. The summed E-state index contributed by atoms with van der Waals surface area (Å²) in [4.78, 5) is 11.1. The van der Waals surface area contributed by atoms with Crippen LogP contribution in [0.2, 0.25) is 0 Å². The van der Waals surface area contributed by atoms with E-state index in [1.54, 1.807) is 31.2 Å². The van der Waals surface area contributed by atoms with Gasteiger partial charge in [-0.2, -0.15) is 0 Å². The second-order valence-electron chi connectivity index (χ2n) is 3.86. The number of carbonyl (C=O) groups is 1. The lowest BCUT2D eigenvalue weighted by atomic mass is 10.3. The number of rotatable bonds is 8. The fraction of sp³-hybridized carbons (Fsp3) is 0.462. The number of aliphatic hydroxyl groups is 1. The number of esters is 1. The number of nitrogens with two attached hydrogens (primary N) is 1. The third-order valence-electron chi connectivity index (χ3n) is 2.14. The molecule has 0 fully saturated rings. The van der Waals surface area contributed by atoms with Gasteiger partial charge in [-0.05, 0) is 19.1 Å². The van der Waals surface area contributed by atoms with E-state index in [0.717, 1.165) is 0 Å². The highest BCUT2D eigenvalue weighted by atomic mass is 32.2. The Hall–Kier alpha value is -1.40. The van der Waals surface area contributed by atoms with Gasteiger partial charge in [0.15, 0.2) is 0 Å². The van der Waals surface area contributed by atoms with Gasteiger partial charge in [-0.15, -0.1) is 11.8 Å². The summed E-state index contributed by atoms with van der Waals surface area (Å²) in [6, 6.07) is 7.01. The first-order chi connectivity index (χ1) is 9.11. The van der Waals surface area contributed by atoms with Crippen molar-refractivity contribution in [2.24, 2.45) is 0 Å². The molecule has 0 aliphatic rings. The van der Waals surface area contributed by atoms with Crippen molar-refractivity contribution < 1.29 is 19.4 Å². The predicted octanol–water partition coefficient (Wildman–Crippen LogP) is 1.30. The van der Waals surface area contributed by atoms with Crippen molar-refractivity contribution in [3.63, 3.8) is 0 Å². The van der Waals surface area contributed by atoms with Gasteiger partial charge in [-0.1, -0.05) is 6.07 Å². The number of hydrogen-bond acceptors (Lipinski definition) is 6. The third kappa shape index (κ3) is 6.93. The van der Waals surface area contributed by atoms with Gasteiger partial charge in [0, 0.05) is 17.5 Å². The number of carbonyl (C=O) groups excluding carboxylic acids is 1. The van der Waals surface area contributed by atoms with E-state index in [0.29, 0.717) is 23.8 Å². The number of benzene rings is 1. The summed E-state index contributed by atoms with van der Waals surface area (Å²) in [5.74, 6) is 1.01. The summed E-state index contributed by atoms with van der Waals surface area (Å²) in [5.41, 5.74) is 6.22. The van der Waals surface area contributed by atoms with Gasteiger partial charge < -0.3 is 20.3 Å². The minimum absolute atomic E-state index is 0.166. The Labute approximate surface area is 117 Å². The quantitative estimate of drug-likeness (QED) is 0.553. The molecule has 6 heteroatoms. The smallest absolute Gasteiger partial charge is 0.315 e. The molecule has 1 aromatic rings. The Morgan fingerprint density at radius 3 is 3.00 bits per heavy atom. The molecule has 1 atom stereocenters. The molecule has 3 N–H and O–H groups in total. The first-order valence-corrected chi connectivity index (χ1v) is 7.17. The van der Waals surface area contributed by atoms with Crippen molar-refractivity contribution in [1.82, 2.24) is 0 Å². The van der Waals surface area contributed by atoms with E-state index in [4.69, 9.17) is 15.2 Å². The lowest BCUT2D eigenvalue weighted by molar-refractivity contribution is -0.139. The van der Waals surface area contributed by atoms with E-state index >= 15 is 0 Å². The SMILES string of the molecule is CCOC(=O)CSCC(O)COc1cccc(N)c1. The molecule has 0 bridgehead atoms. The summed E-state index contributed by atoms with van der Waals surface area (Å²) in [5, 5.41) is 9.69. The molecule has 19 heavy (non-hydrogen) atoms. The Morgan fingerprint density at radius 1 is 1.53 bits per heavy atom. The highest BCUT2D eigenvalue weighted by molar-refractivity contribution is 7.99. The van der Waals surface area contributed by atoms with E-state index in [1.807, 2.05) is 0 Å². The molecule has 0 aliphatic carbocycles. The molecule has 0 amide bonds. The van der Waals surface area contributed by atoms with Crippen LogP contribution in [0, 0.1) is 0 Å². The average Bonchev–Trinajstić information content (AvgIpc) is 2.37. The van der Waals surface area contributed by atoms with E-state index < -0.39 is 6.10 Å². The Kier molecular flexibility index (Phi) is 7.14. The molecule has 0 heterocycles. The van der Waals surface area contributed by atoms with Gasteiger partial charge >= 0.3 is 5.97 Å². The Bertz CT molecular complexity index is 400. The van der Waals surface area contributed by atoms with E-state index in [1.165, 1.54) is 11.8 Å². The van der Waals surface area contributed by atoms with Gasteiger partial charge in [0.05, 0.1) is 18.5 Å². The van der Waals surface area contributed by atoms with Crippen LogP contribution in [0.25, 0.3) is 0 Å². The van der Waals surface area contributed by atoms with Crippen molar-refractivity contribution >= 4 is 23.4 Å². The van der Waals surface area contributed by atoms with Crippen LogP contribution in [0.15, 0.2) is 24.3 Å². The maximum absolute atomic E-state index is 11.1. The molecule has 0 aliphatic heterocycles. The molecule has 0 saturated carbocycles. The minimum atomic E-state index is -0.638. The highest BCUT2D eigenvalue weighted by Crippen LogP contribution is 2.15. The van der Waals surface area contributed by atoms with E-state index in [-0.39, 0.29) is 18.3 Å². The Morgan fingerprint density at radius 2 is 2.32 bits per heavy atom. The molecule has 106 valence electrons. The van der Waals surface area contributed by atoms with Crippen LogP contribution in [-0.2, 0) is 9.53 Å². The van der Waals surface area contributed by atoms with Crippen LogP contribution in [0.3, 0.4) is 0 Å². The second-order valence-corrected chi connectivity index (χ2v) is 4.89. The molecule has 0 saturated heterocycles. The number of aliphatic hydroxyl groups excluding tert-OH is 1. The monoisotopic (exact) mass is 285 g/mol. The predicted molar refractivity (Wildman–Crippen MR) is 76.3 cm³/mol. The van der Waals surface area contributed by atoms with Crippen LogP contribution in [0.5, 0.6) is 5.75 Å². The summed E-state index contributed by atoms with van der Waals surface area (Å²) < 4.78 is 10.2. The number of hydrogen-bond donors (Lipinski definition) is 2. The normalized spacial score (nSPS) is 11.9. The summed E-state index contributed by atoms with van der Waals surface area (Å²) in [6.07, 6.45) is -0.638. The zero-order valence-electron chi connectivity index (χ0n) is 10.9. The number of nitrogen functional groups attached to an aromatic ring is 1. The maximum Gasteiger partial charge on any atom is 0.315 e. The van der Waals surface area contributed by atoms with Crippen LogP contribution < -0.4 is 10.5 Å². The Balaban J connectivity index is 2.17. The molecule has 0 radical (unpaired) electrons. The van der Waals surface area contributed by atoms with Gasteiger partial charge in [0.25, 0.3) is 0 Å². The summed E-state index contributed by atoms with van der Waals surface area (Å²) >= 11 is 1.32. The van der Waals surface area contributed by atoms with Crippen molar-refractivity contribution in [1.29, 1.82) is 0 Å². The lowest BCUT2D eigenvalue weighted by Gasteiger charge is -2.12. The minimum Gasteiger partial charge on any atom is -0.491 e. The first kappa shape index (κ1) is 15.7. The van der Waals surface area contributed by atoms with Crippen LogP contribution in [0.4, 0.5) is 5.69 Å². The van der Waals surface area contributed by atoms with Gasteiger partial charge in [0.2, 0.25) is 0 Å². The van der Waals surface area contributed by atoms with E-state index in [2.05, 4.69) is 0 Å². The van der Waals surface area contributed by atoms with Crippen molar-refractivity contribution in [2.45, 2.75) is 13.0 Å². The van der Waals surface area contributed by atoms with Gasteiger partial charge in [-0.3, -0.25) is 4.79 Å². The molecule has 0 spiro atoms. The molecule has 1 unspecified atom stereocenters. The fourth-order valence-electron chi connectivity index (χ4n) is 1.33. The van der Waals surface area contributed by atoms with Gasteiger partial charge in [0.1, 0.15) is 12.4 Å². The first-order valence-electron chi connectivity index (χ1n) is 6.01. The second kappa shape index (κ2) is 8.66. The summed E-state index contributed by atoms with van der Waals surface area (Å²) in [7, 11) is 0. The molecule has 1 aromatic carbocycles. The topological polar surface area (TPSA) is 81.8 Å². The molecule has 5 nitrogen and oxygen atoms in total. The highest BCUT2D eigenvalue weighted by Gasteiger charge is 2.08. The molecule has 1 rings (SSSR count). The maximum atomic E-state index is 11.1. The fourth-order valence-corrected chi connectivity index (χ4v) is 2.06. The average molecular weight is 285 g/mol.